The fourth-order valence-corrected chi connectivity index (χ4v) is 3.42. The highest BCUT2D eigenvalue weighted by molar-refractivity contribution is 6.31. The van der Waals surface area contributed by atoms with E-state index in [1.54, 1.807) is 23.1 Å². The van der Waals surface area contributed by atoms with Crippen molar-refractivity contribution in [3.05, 3.63) is 59.1 Å². The maximum Gasteiger partial charge on any atom is 0.227 e. The van der Waals surface area contributed by atoms with E-state index in [2.05, 4.69) is 17.4 Å². The first-order valence-corrected chi connectivity index (χ1v) is 9.98. The van der Waals surface area contributed by atoms with Gasteiger partial charge < -0.3 is 15.0 Å². The molecule has 0 spiro atoms. The van der Waals surface area contributed by atoms with E-state index >= 15 is 0 Å². The molecule has 1 N–H and O–H groups in total. The van der Waals surface area contributed by atoms with E-state index in [-0.39, 0.29) is 30.8 Å². The van der Waals surface area contributed by atoms with E-state index in [1.165, 1.54) is 5.56 Å². The molecule has 0 bridgehead atoms. The van der Waals surface area contributed by atoms with Crippen LogP contribution < -0.4 is 15.0 Å². The minimum atomic E-state index is -0.107. The van der Waals surface area contributed by atoms with Crippen molar-refractivity contribution >= 4 is 29.1 Å². The number of halogens is 1. The Labute approximate surface area is 170 Å². The van der Waals surface area contributed by atoms with Crippen LogP contribution in [0.3, 0.4) is 0 Å². The second-order valence-corrected chi connectivity index (χ2v) is 7.42. The van der Waals surface area contributed by atoms with Gasteiger partial charge in [0.05, 0.1) is 12.2 Å². The van der Waals surface area contributed by atoms with Gasteiger partial charge in [-0.05, 0) is 43.5 Å². The van der Waals surface area contributed by atoms with Gasteiger partial charge in [0.1, 0.15) is 11.9 Å². The van der Waals surface area contributed by atoms with Crippen LogP contribution in [0.15, 0.2) is 48.5 Å². The fraction of sp³-hybridized carbons (Fsp3) is 0.364. The quantitative estimate of drug-likeness (QED) is 0.715. The standard InChI is InChI=1S/C22H25ClN2O3/c1-16-15-25(19-14-18(23)9-10-20(19)28-16)22(27)12-11-21(26)24-13-5-8-17-6-3-2-4-7-17/h2-4,6-7,9-10,14,16H,5,8,11-13,15H2,1H3,(H,24,26)/t16-/m0/s1. The number of nitrogens with zero attached hydrogens (tertiary/aromatic N) is 1. The molecule has 0 saturated heterocycles. The lowest BCUT2D eigenvalue weighted by Crippen LogP contribution is -2.42. The monoisotopic (exact) mass is 400 g/mol. The smallest absolute Gasteiger partial charge is 0.227 e. The number of carbonyl (C=O) groups excluding carboxylic acids is 2. The summed E-state index contributed by atoms with van der Waals surface area (Å²) in [5.41, 5.74) is 1.92. The highest BCUT2D eigenvalue weighted by Crippen LogP contribution is 2.36. The number of amides is 2. The van der Waals surface area contributed by atoms with Crippen molar-refractivity contribution in [1.82, 2.24) is 5.32 Å². The van der Waals surface area contributed by atoms with Gasteiger partial charge in [0.25, 0.3) is 0 Å². The van der Waals surface area contributed by atoms with Gasteiger partial charge in [-0.2, -0.15) is 0 Å². The molecule has 6 heteroatoms. The van der Waals surface area contributed by atoms with Gasteiger partial charge in [-0.1, -0.05) is 41.9 Å². The molecule has 28 heavy (non-hydrogen) atoms. The number of fused-ring (bicyclic) bond motifs is 1. The number of aryl methyl sites for hydroxylation is 1. The molecule has 2 amide bonds. The number of ether oxygens (including phenoxy) is 1. The third-order valence-electron chi connectivity index (χ3n) is 4.65. The van der Waals surface area contributed by atoms with Crippen molar-refractivity contribution in [3.8, 4) is 5.75 Å². The molecule has 0 aliphatic carbocycles. The van der Waals surface area contributed by atoms with E-state index in [4.69, 9.17) is 16.3 Å². The minimum absolute atomic E-state index is 0.0990. The van der Waals surface area contributed by atoms with Crippen molar-refractivity contribution in [2.75, 3.05) is 18.0 Å². The van der Waals surface area contributed by atoms with Crippen LogP contribution in [-0.4, -0.2) is 31.0 Å². The third kappa shape index (κ3) is 5.49. The Morgan fingerprint density at radius 2 is 1.96 bits per heavy atom. The van der Waals surface area contributed by atoms with E-state index in [1.807, 2.05) is 25.1 Å². The first-order chi connectivity index (χ1) is 13.5. The molecular formula is C22H25ClN2O3. The Hall–Kier alpha value is -2.53. The molecular weight excluding hydrogens is 376 g/mol. The van der Waals surface area contributed by atoms with Crippen LogP contribution in [0, 0.1) is 0 Å². The Balaban J connectivity index is 1.45. The lowest BCUT2D eigenvalue weighted by Gasteiger charge is -2.33. The highest BCUT2D eigenvalue weighted by atomic mass is 35.5. The molecule has 0 fully saturated rings. The number of anilines is 1. The highest BCUT2D eigenvalue weighted by Gasteiger charge is 2.27. The van der Waals surface area contributed by atoms with Crippen LogP contribution in [0.5, 0.6) is 5.75 Å². The SMILES string of the molecule is C[C@H]1CN(C(=O)CCC(=O)NCCCc2ccccc2)c2cc(Cl)ccc2O1. The molecule has 1 aliphatic rings. The summed E-state index contributed by atoms with van der Waals surface area (Å²) in [6, 6.07) is 15.4. The van der Waals surface area contributed by atoms with Gasteiger partial charge in [0.15, 0.2) is 0 Å². The first kappa shape index (κ1) is 20.2. The van der Waals surface area contributed by atoms with Gasteiger partial charge in [-0.25, -0.2) is 0 Å². The molecule has 2 aromatic rings. The summed E-state index contributed by atoms with van der Waals surface area (Å²) < 4.78 is 5.76. The maximum absolute atomic E-state index is 12.7. The Kier molecular flexibility index (Phi) is 6.93. The second kappa shape index (κ2) is 9.60. The van der Waals surface area contributed by atoms with Crippen LogP contribution in [0.1, 0.15) is 31.7 Å². The number of carbonyl (C=O) groups is 2. The van der Waals surface area contributed by atoms with E-state index in [9.17, 15) is 9.59 Å². The van der Waals surface area contributed by atoms with E-state index < -0.39 is 0 Å². The van der Waals surface area contributed by atoms with Gasteiger partial charge in [0, 0.05) is 24.4 Å². The molecule has 2 aromatic carbocycles. The van der Waals surface area contributed by atoms with Crippen molar-refractivity contribution in [2.45, 2.75) is 38.7 Å². The molecule has 148 valence electrons. The van der Waals surface area contributed by atoms with Crippen LogP contribution in [0.25, 0.3) is 0 Å². The summed E-state index contributed by atoms with van der Waals surface area (Å²) in [5, 5.41) is 3.44. The molecule has 0 saturated carbocycles. The fourth-order valence-electron chi connectivity index (χ4n) is 3.26. The Morgan fingerprint density at radius 1 is 1.18 bits per heavy atom. The summed E-state index contributed by atoms with van der Waals surface area (Å²) in [5.74, 6) is 0.439. The molecule has 0 unspecified atom stereocenters. The van der Waals surface area contributed by atoms with Gasteiger partial charge in [-0.15, -0.1) is 0 Å². The van der Waals surface area contributed by atoms with Crippen LogP contribution in [0.4, 0.5) is 5.69 Å². The number of rotatable bonds is 7. The van der Waals surface area contributed by atoms with Crippen molar-refractivity contribution in [1.29, 1.82) is 0 Å². The largest absolute Gasteiger partial charge is 0.487 e. The number of nitrogens with one attached hydrogen (secondary N) is 1. The summed E-state index contributed by atoms with van der Waals surface area (Å²) in [6.45, 7) is 2.97. The number of hydrogen-bond donors (Lipinski definition) is 1. The van der Waals surface area contributed by atoms with Crippen LogP contribution >= 0.6 is 11.6 Å². The summed E-state index contributed by atoms with van der Waals surface area (Å²) in [7, 11) is 0. The Bertz CT molecular complexity index is 826. The van der Waals surface area contributed by atoms with Gasteiger partial charge >= 0.3 is 0 Å². The van der Waals surface area contributed by atoms with Crippen LogP contribution in [-0.2, 0) is 16.0 Å². The maximum atomic E-state index is 12.7. The van der Waals surface area contributed by atoms with Crippen molar-refractivity contribution in [3.63, 3.8) is 0 Å². The predicted octanol–water partition coefficient (Wildman–Crippen LogP) is 3.98. The number of benzene rings is 2. The summed E-state index contributed by atoms with van der Waals surface area (Å²) >= 11 is 6.07. The topological polar surface area (TPSA) is 58.6 Å². The van der Waals surface area contributed by atoms with Crippen molar-refractivity contribution < 1.29 is 14.3 Å². The molecule has 0 radical (unpaired) electrons. The van der Waals surface area contributed by atoms with E-state index in [0.29, 0.717) is 29.5 Å². The first-order valence-electron chi connectivity index (χ1n) is 9.60. The average molecular weight is 401 g/mol. The zero-order valence-corrected chi connectivity index (χ0v) is 16.7. The predicted molar refractivity (Wildman–Crippen MR) is 111 cm³/mol. The summed E-state index contributed by atoms with van der Waals surface area (Å²) in [6.07, 6.45) is 2.01. The zero-order chi connectivity index (χ0) is 19.9. The second-order valence-electron chi connectivity index (χ2n) is 6.98. The summed E-state index contributed by atoms with van der Waals surface area (Å²) in [4.78, 5) is 26.4. The Morgan fingerprint density at radius 3 is 2.75 bits per heavy atom. The van der Waals surface area contributed by atoms with E-state index in [0.717, 1.165) is 12.8 Å². The lowest BCUT2D eigenvalue weighted by atomic mass is 10.1. The minimum Gasteiger partial charge on any atom is -0.487 e. The molecule has 5 nitrogen and oxygen atoms in total. The molecule has 1 heterocycles. The zero-order valence-electron chi connectivity index (χ0n) is 16.0. The van der Waals surface area contributed by atoms with Gasteiger partial charge in [0.2, 0.25) is 11.8 Å². The molecule has 1 atom stereocenters. The third-order valence-corrected chi connectivity index (χ3v) is 4.89. The average Bonchev–Trinajstić information content (AvgIpc) is 2.70. The van der Waals surface area contributed by atoms with Crippen molar-refractivity contribution in [2.24, 2.45) is 0 Å². The number of hydrogen-bond acceptors (Lipinski definition) is 3. The molecule has 0 aromatic heterocycles. The van der Waals surface area contributed by atoms with Gasteiger partial charge in [-0.3, -0.25) is 9.59 Å². The lowest BCUT2D eigenvalue weighted by molar-refractivity contribution is -0.125. The van der Waals surface area contributed by atoms with Crippen LogP contribution in [0.2, 0.25) is 5.02 Å². The molecule has 3 rings (SSSR count). The normalized spacial score (nSPS) is 15.5. The molecule has 1 aliphatic heterocycles.